The van der Waals surface area contributed by atoms with Gasteiger partial charge in [0, 0.05) is 12.0 Å². The van der Waals surface area contributed by atoms with Crippen molar-refractivity contribution >= 4 is 5.97 Å². The first-order valence-electron chi connectivity index (χ1n) is 4.39. The molecule has 0 bridgehead atoms. The summed E-state index contributed by atoms with van der Waals surface area (Å²) >= 11 is 0. The van der Waals surface area contributed by atoms with E-state index in [1.165, 1.54) is 5.57 Å². The summed E-state index contributed by atoms with van der Waals surface area (Å²) in [6.07, 6.45) is 0.982. The third-order valence-corrected chi connectivity index (χ3v) is 2.46. The molecule has 0 saturated heterocycles. The van der Waals surface area contributed by atoms with Gasteiger partial charge in [0.25, 0.3) is 0 Å². The van der Waals surface area contributed by atoms with Crippen molar-refractivity contribution in [2.24, 2.45) is 5.92 Å². The van der Waals surface area contributed by atoms with Crippen molar-refractivity contribution in [3.05, 3.63) is 11.1 Å². The molecule has 0 saturated carbocycles. The van der Waals surface area contributed by atoms with Crippen molar-refractivity contribution in [3.63, 3.8) is 0 Å². The second-order valence-corrected chi connectivity index (χ2v) is 3.80. The average molecular weight is 168 g/mol. The van der Waals surface area contributed by atoms with Crippen molar-refractivity contribution in [3.8, 4) is 0 Å². The third-order valence-electron chi connectivity index (χ3n) is 2.46. The van der Waals surface area contributed by atoms with Crippen LogP contribution in [0.25, 0.3) is 0 Å². The van der Waals surface area contributed by atoms with Gasteiger partial charge in [-0.3, -0.25) is 0 Å². The first kappa shape index (κ1) is 9.30. The van der Waals surface area contributed by atoms with Crippen LogP contribution in [0.15, 0.2) is 11.1 Å². The molecule has 0 amide bonds. The molecule has 0 aromatic carbocycles. The van der Waals surface area contributed by atoms with Crippen LogP contribution < -0.4 is 0 Å². The molecule has 1 unspecified atom stereocenters. The fraction of sp³-hybridized carbons (Fsp3) is 0.700. The van der Waals surface area contributed by atoms with Gasteiger partial charge in [-0.15, -0.1) is 0 Å². The third kappa shape index (κ3) is 1.68. The maximum absolute atomic E-state index is 11.2. The van der Waals surface area contributed by atoms with Crippen molar-refractivity contribution in [1.82, 2.24) is 0 Å². The predicted octanol–water partition coefficient (Wildman–Crippen LogP) is 2.29. The summed E-state index contributed by atoms with van der Waals surface area (Å²) in [5, 5.41) is 0. The lowest BCUT2D eigenvalue weighted by Crippen LogP contribution is -2.29. The minimum Gasteiger partial charge on any atom is -0.458 e. The number of carbonyl (C=O) groups is 1. The Morgan fingerprint density at radius 1 is 1.42 bits per heavy atom. The molecule has 1 aliphatic rings. The number of rotatable bonds is 1. The first-order valence-corrected chi connectivity index (χ1v) is 4.39. The zero-order valence-electron chi connectivity index (χ0n) is 8.18. The van der Waals surface area contributed by atoms with Gasteiger partial charge in [0.05, 0.1) is 0 Å². The number of ether oxygens (including phenoxy) is 1. The molecule has 2 nitrogen and oxygen atoms in total. The minimum absolute atomic E-state index is 0.0844. The van der Waals surface area contributed by atoms with Crippen molar-refractivity contribution in [1.29, 1.82) is 0 Å². The Balaban J connectivity index is 2.78. The van der Waals surface area contributed by atoms with Gasteiger partial charge in [-0.25, -0.2) is 4.79 Å². The molecular formula is C10H16O2. The normalized spacial score (nSPS) is 24.8. The van der Waals surface area contributed by atoms with Crippen LogP contribution in [0.2, 0.25) is 0 Å². The highest BCUT2D eigenvalue weighted by molar-refractivity contribution is 5.89. The van der Waals surface area contributed by atoms with Crippen LogP contribution >= 0.6 is 0 Å². The molecule has 0 N–H and O–H groups in total. The smallest absolute Gasteiger partial charge is 0.333 e. The molecule has 12 heavy (non-hydrogen) atoms. The Labute approximate surface area is 73.6 Å². The topological polar surface area (TPSA) is 26.3 Å². The number of esters is 1. The zero-order chi connectivity index (χ0) is 9.30. The Bertz CT molecular complexity index is 226. The molecule has 1 atom stereocenters. The van der Waals surface area contributed by atoms with E-state index in [1.807, 2.05) is 13.8 Å². The SMILES string of the molecule is CC1=C(C)C(=O)OC(C(C)C)C1. The van der Waals surface area contributed by atoms with E-state index in [2.05, 4.69) is 13.8 Å². The predicted molar refractivity (Wildman–Crippen MR) is 47.7 cm³/mol. The Morgan fingerprint density at radius 2 is 2.00 bits per heavy atom. The summed E-state index contributed by atoms with van der Waals surface area (Å²) in [6.45, 7) is 7.98. The van der Waals surface area contributed by atoms with E-state index in [0.29, 0.717) is 5.92 Å². The van der Waals surface area contributed by atoms with E-state index in [0.717, 1.165) is 12.0 Å². The highest BCUT2D eigenvalue weighted by Gasteiger charge is 2.25. The molecule has 0 spiro atoms. The quantitative estimate of drug-likeness (QED) is 0.561. The fourth-order valence-corrected chi connectivity index (χ4v) is 1.27. The molecule has 2 heteroatoms. The van der Waals surface area contributed by atoms with Gasteiger partial charge >= 0.3 is 5.97 Å². The van der Waals surface area contributed by atoms with Crippen LogP contribution in [-0.2, 0) is 9.53 Å². The summed E-state index contributed by atoms with van der Waals surface area (Å²) < 4.78 is 5.23. The van der Waals surface area contributed by atoms with Gasteiger partial charge in [-0.1, -0.05) is 19.4 Å². The second-order valence-electron chi connectivity index (χ2n) is 3.80. The van der Waals surface area contributed by atoms with E-state index in [9.17, 15) is 4.79 Å². The zero-order valence-corrected chi connectivity index (χ0v) is 8.18. The van der Waals surface area contributed by atoms with E-state index in [-0.39, 0.29) is 12.1 Å². The molecule has 0 aromatic rings. The fourth-order valence-electron chi connectivity index (χ4n) is 1.27. The minimum atomic E-state index is -0.141. The van der Waals surface area contributed by atoms with Gasteiger partial charge in [0.1, 0.15) is 6.10 Å². The van der Waals surface area contributed by atoms with Gasteiger partial charge in [0.2, 0.25) is 0 Å². The van der Waals surface area contributed by atoms with E-state index >= 15 is 0 Å². The van der Waals surface area contributed by atoms with E-state index < -0.39 is 0 Å². The molecule has 1 heterocycles. The van der Waals surface area contributed by atoms with Crippen molar-refractivity contribution in [2.75, 3.05) is 0 Å². The maximum atomic E-state index is 11.2. The van der Waals surface area contributed by atoms with Crippen LogP contribution in [-0.4, -0.2) is 12.1 Å². The lowest BCUT2D eigenvalue weighted by Gasteiger charge is -2.26. The van der Waals surface area contributed by atoms with Crippen molar-refractivity contribution < 1.29 is 9.53 Å². The largest absolute Gasteiger partial charge is 0.458 e. The van der Waals surface area contributed by atoms with Gasteiger partial charge in [-0.2, -0.15) is 0 Å². The highest BCUT2D eigenvalue weighted by Crippen LogP contribution is 2.24. The number of hydrogen-bond acceptors (Lipinski definition) is 2. The van der Waals surface area contributed by atoms with E-state index in [4.69, 9.17) is 4.74 Å². The lowest BCUT2D eigenvalue weighted by atomic mass is 9.95. The Morgan fingerprint density at radius 3 is 2.42 bits per heavy atom. The summed E-state index contributed by atoms with van der Waals surface area (Å²) in [7, 11) is 0. The average Bonchev–Trinajstić information content (AvgIpc) is 1.99. The Kier molecular flexibility index (Phi) is 2.55. The molecule has 0 radical (unpaired) electrons. The van der Waals surface area contributed by atoms with Crippen LogP contribution in [0.3, 0.4) is 0 Å². The number of hydrogen-bond donors (Lipinski definition) is 0. The monoisotopic (exact) mass is 168 g/mol. The maximum Gasteiger partial charge on any atom is 0.333 e. The van der Waals surface area contributed by atoms with Crippen LogP contribution in [0.4, 0.5) is 0 Å². The molecule has 0 fully saturated rings. The summed E-state index contributed by atoms with van der Waals surface area (Å²) in [5.74, 6) is 0.273. The van der Waals surface area contributed by atoms with Crippen molar-refractivity contribution in [2.45, 2.75) is 40.2 Å². The number of cyclic esters (lactones) is 1. The Hall–Kier alpha value is -0.790. The van der Waals surface area contributed by atoms with Crippen LogP contribution in [0.5, 0.6) is 0 Å². The molecule has 0 aliphatic carbocycles. The molecule has 0 aromatic heterocycles. The molecule has 1 aliphatic heterocycles. The van der Waals surface area contributed by atoms with Gasteiger partial charge in [-0.05, 0) is 19.8 Å². The molecular weight excluding hydrogens is 152 g/mol. The summed E-state index contributed by atoms with van der Waals surface area (Å²) in [4.78, 5) is 11.2. The summed E-state index contributed by atoms with van der Waals surface area (Å²) in [6, 6.07) is 0. The lowest BCUT2D eigenvalue weighted by molar-refractivity contribution is -0.148. The second kappa shape index (κ2) is 3.30. The van der Waals surface area contributed by atoms with Crippen LogP contribution in [0.1, 0.15) is 34.1 Å². The molecule has 1 rings (SSSR count). The summed E-state index contributed by atoms with van der Waals surface area (Å²) in [5.41, 5.74) is 1.96. The number of carbonyl (C=O) groups excluding carboxylic acids is 1. The standard InChI is InChI=1S/C10H16O2/c1-6(2)9-5-7(3)8(4)10(11)12-9/h6,9H,5H2,1-4H3. The van der Waals surface area contributed by atoms with Crippen LogP contribution in [0, 0.1) is 5.92 Å². The van der Waals surface area contributed by atoms with Gasteiger partial charge < -0.3 is 4.74 Å². The van der Waals surface area contributed by atoms with E-state index in [1.54, 1.807) is 0 Å². The van der Waals surface area contributed by atoms with Gasteiger partial charge in [0.15, 0.2) is 0 Å². The highest BCUT2D eigenvalue weighted by atomic mass is 16.5. The first-order chi connectivity index (χ1) is 5.52. The molecule has 68 valence electrons.